The summed E-state index contributed by atoms with van der Waals surface area (Å²) in [6.45, 7) is -3.64. The van der Waals surface area contributed by atoms with Gasteiger partial charge in [-0.05, 0) is 54.6 Å². The summed E-state index contributed by atoms with van der Waals surface area (Å²) in [5.41, 5.74) is 0.309. The first-order valence-corrected chi connectivity index (χ1v) is 9.61. The summed E-state index contributed by atoms with van der Waals surface area (Å²) in [6, 6.07) is 12.1. The molecule has 0 saturated heterocycles. The highest BCUT2D eigenvalue weighted by atomic mass is 19.3. The summed E-state index contributed by atoms with van der Waals surface area (Å²) < 4.78 is 38.8. The number of fused-ring (bicyclic) bond motifs is 1. The normalized spacial score (nSPS) is 12.8. The van der Waals surface area contributed by atoms with Crippen LogP contribution in [0.5, 0.6) is 5.75 Å². The van der Waals surface area contributed by atoms with E-state index in [2.05, 4.69) is 4.74 Å². The van der Waals surface area contributed by atoms with E-state index in [1.165, 1.54) is 48.7 Å². The van der Waals surface area contributed by atoms with E-state index < -0.39 is 36.8 Å². The van der Waals surface area contributed by atoms with E-state index >= 15 is 0 Å². The number of hydrogen-bond donors (Lipinski definition) is 0. The average molecular weight is 455 g/mol. The molecule has 2 aromatic carbocycles. The molecule has 1 aliphatic rings. The number of nitrogens with zero attached hydrogens (tertiary/aromatic N) is 1. The molecule has 33 heavy (non-hydrogen) atoms. The summed E-state index contributed by atoms with van der Waals surface area (Å²) in [7, 11) is 0. The van der Waals surface area contributed by atoms with Crippen molar-refractivity contribution in [3.63, 3.8) is 0 Å². The molecule has 1 aliphatic heterocycles. The van der Waals surface area contributed by atoms with Gasteiger partial charge in [-0.25, -0.2) is 4.79 Å². The Morgan fingerprint density at radius 2 is 1.64 bits per heavy atom. The van der Waals surface area contributed by atoms with Crippen molar-refractivity contribution in [1.82, 2.24) is 4.90 Å². The molecular formula is C23H15F2NO7. The van der Waals surface area contributed by atoms with Gasteiger partial charge in [0, 0.05) is 5.56 Å². The Morgan fingerprint density at radius 3 is 2.30 bits per heavy atom. The molecule has 3 aromatic rings. The molecule has 0 atom stereocenters. The minimum Gasteiger partial charge on any atom is -0.467 e. The zero-order valence-corrected chi connectivity index (χ0v) is 16.8. The van der Waals surface area contributed by atoms with Crippen molar-refractivity contribution >= 4 is 23.6 Å². The van der Waals surface area contributed by atoms with Crippen LogP contribution in [0, 0.1) is 0 Å². The lowest BCUT2D eigenvalue weighted by Gasteiger charge is -2.11. The molecule has 168 valence electrons. The van der Waals surface area contributed by atoms with Gasteiger partial charge in [-0.1, -0.05) is 0 Å². The number of alkyl halides is 2. The number of benzene rings is 2. The second-order valence-corrected chi connectivity index (χ2v) is 6.94. The van der Waals surface area contributed by atoms with Crippen molar-refractivity contribution in [2.45, 2.75) is 13.2 Å². The lowest BCUT2D eigenvalue weighted by atomic mass is 10.1. The fourth-order valence-electron chi connectivity index (χ4n) is 3.24. The zero-order chi connectivity index (χ0) is 23.5. The number of amides is 2. The van der Waals surface area contributed by atoms with Gasteiger partial charge in [-0.2, -0.15) is 8.78 Å². The van der Waals surface area contributed by atoms with Gasteiger partial charge in [0.1, 0.15) is 11.5 Å². The Balaban J connectivity index is 1.40. The van der Waals surface area contributed by atoms with E-state index in [0.717, 1.165) is 4.90 Å². The number of ether oxygens (including phenoxy) is 2. The van der Waals surface area contributed by atoms with Crippen LogP contribution < -0.4 is 4.74 Å². The molecule has 2 amide bonds. The Hall–Kier alpha value is -4.34. The van der Waals surface area contributed by atoms with Crippen LogP contribution in [0.2, 0.25) is 0 Å². The monoisotopic (exact) mass is 455 g/mol. The molecule has 1 aromatic heterocycles. The van der Waals surface area contributed by atoms with Crippen LogP contribution in [-0.4, -0.2) is 41.7 Å². The van der Waals surface area contributed by atoms with Crippen LogP contribution in [-0.2, 0) is 11.3 Å². The average Bonchev–Trinajstić information content (AvgIpc) is 3.40. The molecule has 0 bridgehead atoms. The molecule has 2 heterocycles. The number of carbonyl (C=O) groups is 4. The fraction of sp³-hybridized carbons (Fsp3) is 0.130. The number of hydrogen-bond acceptors (Lipinski definition) is 7. The third-order valence-corrected chi connectivity index (χ3v) is 4.84. The fourth-order valence-corrected chi connectivity index (χ4v) is 3.24. The van der Waals surface area contributed by atoms with Crippen LogP contribution in [0.25, 0.3) is 0 Å². The number of ketones is 1. The van der Waals surface area contributed by atoms with Crippen LogP contribution >= 0.6 is 0 Å². The highest BCUT2D eigenvalue weighted by Crippen LogP contribution is 2.26. The number of Topliss-reactive ketones (excluding diaryl/α,β-unsaturated/α-hetero) is 1. The number of esters is 1. The Labute approximate surface area is 185 Å². The number of carbonyl (C=O) groups excluding carboxylic acids is 4. The predicted octanol–water partition coefficient (Wildman–Crippen LogP) is 3.72. The molecule has 0 N–H and O–H groups in total. The van der Waals surface area contributed by atoms with Crippen molar-refractivity contribution in [2.24, 2.45) is 0 Å². The summed E-state index contributed by atoms with van der Waals surface area (Å²) in [6.07, 6.45) is 1.43. The minimum atomic E-state index is -2.99. The van der Waals surface area contributed by atoms with Crippen molar-refractivity contribution in [3.8, 4) is 5.75 Å². The number of rotatable bonds is 8. The van der Waals surface area contributed by atoms with Gasteiger partial charge in [0.15, 0.2) is 12.4 Å². The van der Waals surface area contributed by atoms with Gasteiger partial charge >= 0.3 is 12.6 Å². The molecule has 0 fully saturated rings. The Kier molecular flexibility index (Phi) is 5.99. The summed E-state index contributed by atoms with van der Waals surface area (Å²) in [5, 5.41) is 0. The highest BCUT2D eigenvalue weighted by molar-refractivity contribution is 6.21. The molecule has 4 rings (SSSR count). The van der Waals surface area contributed by atoms with Gasteiger partial charge in [0.2, 0.25) is 0 Å². The Bertz CT molecular complexity index is 1220. The maximum absolute atomic E-state index is 12.7. The van der Waals surface area contributed by atoms with E-state index in [1.807, 2.05) is 0 Å². The SMILES string of the molecule is O=C(COC(=O)c1ccc2c(c1)C(=O)N(Cc1ccco1)C2=O)c1ccc(OC(F)F)cc1. The minimum absolute atomic E-state index is 0.0109. The van der Waals surface area contributed by atoms with Crippen molar-refractivity contribution < 1.29 is 41.8 Å². The maximum Gasteiger partial charge on any atom is 0.387 e. The van der Waals surface area contributed by atoms with Crippen LogP contribution in [0.1, 0.15) is 47.2 Å². The third kappa shape index (κ3) is 4.64. The van der Waals surface area contributed by atoms with Crippen molar-refractivity contribution in [3.05, 3.63) is 88.9 Å². The molecule has 0 radical (unpaired) electrons. The molecule has 10 heteroatoms. The predicted molar refractivity (Wildman–Crippen MR) is 107 cm³/mol. The van der Waals surface area contributed by atoms with E-state index in [1.54, 1.807) is 12.1 Å². The zero-order valence-electron chi connectivity index (χ0n) is 16.8. The molecule has 0 aliphatic carbocycles. The van der Waals surface area contributed by atoms with Crippen LogP contribution in [0.4, 0.5) is 8.78 Å². The van der Waals surface area contributed by atoms with Gasteiger partial charge in [0.25, 0.3) is 11.8 Å². The first-order chi connectivity index (χ1) is 15.8. The quantitative estimate of drug-likeness (QED) is 0.290. The molecule has 0 unspecified atom stereocenters. The van der Waals surface area contributed by atoms with Crippen molar-refractivity contribution in [1.29, 1.82) is 0 Å². The van der Waals surface area contributed by atoms with Crippen LogP contribution in [0.15, 0.2) is 65.3 Å². The first kappa shape index (κ1) is 21.9. The largest absolute Gasteiger partial charge is 0.467 e. The van der Waals surface area contributed by atoms with E-state index in [0.29, 0.717) is 5.76 Å². The topological polar surface area (TPSA) is 103 Å². The van der Waals surface area contributed by atoms with Gasteiger partial charge < -0.3 is 13.9 Å². The molecule has 8 nitrogen and oxygen atoms in total. The van der Waals surface area contributed by atoms with Gasteiger partial charge in [-0.3, -0.25) is 19.3 Å². The standard InChI is InChI=1S/C23H15F2NO7/c24-23(25)33-15-6-3-13(4-7-15)19(27)12-32-22(30)14-5-8-17-18(10-14)21(29)26(20(17)28)11-16-2-1-9-31-16/h1-10,23H,11-12H2. The first-order valence-electron chi connectivity index (χ1n) is 9.61. The van der Waals surface area contributed by atoms with E-state index in [4.69, 9.17) is 9.15 Å². The maximum atomic E-state index is 12.7. The number of imide groups is 1. The lowest BCUT2D eigenvalue weighted by Crippen LogP contribution is -2.28. The summed E-state index contributed by atoms with van der Waals surface area (Å²) >= 11 is 0. The molecule has 0 spiro atoms. The van der Waals surface area contributed by atoms with E-state index in [-0.39, 0.29) is 34.5 Å². The van der Waals surface area contributed by atoms with Gasteiger partial charge in [0.05, 0.1) is 29.5 Å². The molecule has 0 saturated carbocycles. The van der Waals surface area contributed by atoms with Crippen LogP contribution in [0.3, 0.4) is 0 Å². The highest BCUT2D eigenvalue weighted by Gasteiger charge is 2.36. The van der Waals surface area contributed by atoms with Gasteiger partial charge in [-0.15, -0.1) is 0 Å². The summed E-state index contributed by atoms with van der Waals surface area (Å²) in [5.74, 6) is -2.21. The Morgan fingerprint density at radius 1 is 0.939 bits per heavy atom. The second kappa shape index (κ2) is 9.03. The summed E-state index contributed by atoms with van der Waals surface area (Å²) in [4.78, 5) is 50.8. The number of halogens is 2. The third-order valence-electron chi connectivity index (χ3n) is 4.84. The van der Waals surface area contributed by atoms with Crippen molar-refractivity contribution in [2.75, 3.05) is 6.61 Å². The molecular weight excluding hydrogens is 440 g/mol. The number of furan rings is 1. The van der Waals surface area contributed by atoms with E-state index in [9.17, 15) is 28.0 Å². The smallest absolute Gasteiger partial charge is 0.387 e. The second-order valence-electron chi connectivity index (χ2n) is 6.94. The lowest BCUT2D eigenvalue weighted by molar-refractivity contribution is -0.0498.